The number of pyridine rings is 1. The molecule has 0 aliphatic carbocycles. The van der Waals surface area contributed by atoms with Gasteiger partial charge in [-0.2, -0.15) is 0 Å². The first-order valence-corrected chi connectivity index (χ1v) is 8.44. The predicted molar refractivity (Wildman–Crippen MR) is 101 cm³/mol. The Morgan fingerprint density at radius 1 is 1.19 bits per heavy atom. The van der Waals surface area contributed by atoms with Crippen molar-refractivity contribution in [2.24, 2.45) is 7.05 Å². The molecule has 2 heterocycles. The molecule has 7 nitrogen and oxygen atoms in total. The average Bonchev–Trinajstić information content (AvgIpc) is 2.68. The summed E-state index contributed by atoms with van der Waals surface area (Å²) in [7, 11) is 1.47. The molecule has 2 aromatic heterocycles. The number of rotatable bonds is 4. The van der Waals surface area contributed by atoms with Crippen molar-refractivity contribution < 1.29 is 9.90 Å². The molecule has 0 unspecified atom stereocenters. The van der Waals surface area contributed by atoms with Crippen molar-refractivity contribution in [1.82, 2.24) is 19.9 Å². The van der Waals surface area contributed by atoms with E-state index >= 15 is 0 Å². The van der Waals surface area contributed by atoms with Gasteiger partial charge in [0.2, 0.25) is 5.75 Å². The lowest BCUT2D eigenvalue weighted by atomic mass is 10.1. The fraction of sp³-hybridized carbons (Fsp3) is 0.200. The van der Waals surface area contributed by atoms with Crippen molar-refractivity contribution in [2.75, 3.05) is 0 Å². The summed E-state index contributed by atoms with van der Waals surface area (Å²) < 4.78 is 1.16. The van der Waals surface area contributed by atoms with Crippen LogP contribution in [0.15, 0.2) is 47.4 Å². The van der Waals surface area contributed by atoms with Crippen molar-refractivity contribution in [3.8, 4) is 17.3 Å². The molecule has 0 atom stereocenters. The third kappa shape index (κ3) is 3.72. The lowest BCUT2D eigenvalue weighted by Gasteiger charge is -2.11. The maximum Gasteiger partial charge on any atom is 0.296 e. The van der Waals surface area contributed by atoms with E-state index in [0.29, 0.717) is 5.69 Å². The molecule has 0 saturated heterocycles. The SMILES string of the molecule is Cc1ccc(CNC(=O)c2nc(-c3ccccn3)n(C)c(=O)c2O)cc1C. The molecule has 7 heteroatoms. The van der Waals surface area contributed by atoms with E-state index in [1.807, 2.05) is 32.0 Å². The van der Waals surface area contributed by atoms with Gasteiger partial charge in [0.25, 0.3) is 11.5 Å². The predicted octanol–water partition coefficient (Wildman–Crippen LogP) is 2.09. The fourth-order valence-corrected chi connectivity index (χ4v) is 2.65. The van der Waals surface area contributed by atoms with Gasteiger partial charge in [-0.15, -0.1) is 0 Å². The number of aromatic hydroxyl groups is 1. The van der Waals surface area contributed by atoms with Crippen molar-refractivity contribution in [3.05, 3.63) is 75.3 Å². The molecule has 0 radical (unpaired) electrons. The van der Waals surface area contributed by atoms with E-state index in [0.717, 1.165) is 21.3 Å². The lowest BCUT2D eigenvalue weighted by Crippen LogP contribution is -2.29. The van der Waals surface area contributed by atoms with Gasteiger partial charge in [0.05, 0.1) is 0 Å². The average molecular weight is 364 g/mol. The maximum absolute atomic E-state index is 12.5. The summed E-state index contributed by atoms with van der Waals surface area (Å²) in [5.41, 5.74) is 2.61. The number of hydrogen-bond acceptors (Lipinski definition) is 5. The molecule has 0 bridgehead atoms. The van der Waals surface area contributed by atoms with Crippen molar-refractivity contribution >= 4 is 5.91 Å². The van der Waals surface area contributed by atoms with Crippen LogP contribution in [-0.4, -0.2) is 25.5 Å². The van der Waals surface area contributed by atoms with Gasteiger partial charge in [0.1, 0.15) is 5.69 Å². The van der Waals surface area contributed by atoms with Crippen LogP contribution in [0.5, 0.6) is 5.75 Å². The second kappa shape index (κ2) is 7.41. The van der Waals surface area contributed by atoms with Gasteiger partial charge in [0, 0.05) is 19.8 Å². The van der Waals surface area contributed by atoms with E-state index < -0.39 is 17.2 Å². The zero-order valence-electron chi connectivity index (χ0n) is 15.4. The van der Waals surface area contributed by atoms with Crippen LogP contribution < -0.4 is 10.9 Å². The molecule has 3 rings (SSSR count). The Balaban J connectivity index is 1.91. The highest BCUT2D eigenvalue weighted by atomic mass is 16.3. The van der Waals surface area contributed by atoms with Gasteiger partial charge < -0.3 is 10.4 Å². The summed E-state index contributed by atoms with van der Waals surface area (Å²) >= 11 is 0. The molecule has 0 aliphatic heterocycles. The molecule has 1 amide bonds. The Bertz CT molecular complexity index is 1060. The Hall–Kier alpha value is -3.48. The minimum absolute atomic E-state index is 0.203. The van der Waals surface area contributed by atoms with Crippen molar-refractivity contribution in [3.63, 3.8) is 0 Å². The molecule has 0 aliphatic rings. The summed E-state index contributed by atoms with van der Waals surface area (Å²) in [6, 6.07) is 11.0. The maximum atomic E-state index is 12.5. The standard InChI is InChI=1S/C20H20N4O3/c1-12-7-8-14(10-13(12)2)11-22-19(26)16-17(25)20(27)24(3)18(23-16)15-6-4-5-9-21-15/h4-10,25H,11H2,1-3H3,(H,22,26). The first-order valence-electron chi connectivity index (χ1n) is 8.44. The fourth-order valence-electron chi connectivity index (χ4n) is 2.65. The summed E-state index contributed by atoms with van der Waals surface area (Å²) in [5, 5.41) is 12.8. The van der Waals surface area contributed by atoms with Crippen LogP contribution in [-0.2, 0) is 13.6 Å². The molecular weight excluding hydrogens is 344 g/mol. The Morgan fingerprint density at radius 3 is 2.63 bits per heavy atom. The Kier molecular flexibility index (Phi) is 5.03. The molecule has 138 valence electrons. The number of benzene rings is 1. The van der Waals surface area contributed by atoms with E-state index in [9.17, 15) is 14.7 Å². The number of carbonyl (C=O) groups is 1. The minimum atomic E-state index is -0.706. The highest BCUT2D eigenvalue weighted by Gasteiger charge is 2.21. The molecule has 3 aromatic rings. The van der Waals surface area contributed by atoms with Crippen LogP contribution in [0.25, 0.3) is 11.5 Å². The van der Waals surface area contributed by atoms with Gasteiger partial charge in [-0.05, 0) is 42.7 Å². The van der Waals surface area contributed by atoms with Crippen LogP contribution in [0.2, 0.25) is 0 Å². The lowest BCUT2D eigenvalue weighted by molar-refractivity contribution is 0.0942. The van der Waals surface area contributed by atoms with E-state index in [-0.39, 0.29) is 18.1 Å². The quantitative estimate of drug-likeness (QED) is 0.739. The zero-order chi connectivity index (χ0) is 19.6. The summed E-state index contributed by atoms with van der Waals surface area (Å²) in [6.45, 7) is 4.27. The summed E-state index contributed by atoms with van der Waals surface area (Å²) in [6.07, 6.45) is 1.56. The van der Waals surface area contributed by atoms with E-state index in [4.69, 9.17) is 0 Å². The Labute approximate surface area is 156 Å². The van der Waals surface area contributed by atoms with Gasteiger partial charge in [-0.1, -0.05) is 24.3 Å². The van der Waals surface area contributed by atoms with E-state index in [2.05, 4.69) is 15.3 Å². The number of aryl methyl sites for hydroxylation is 2. The number of amides is 1. The molecule has 1 aromatic carbocycles. The smallest absolute Gasteiger partial charge is 0.296 e. The van der Waals surface area contributed by atoms with Crippen LogP contribution >= 0.6 is 0 Å². The zero-order valence-corrected chi connectivity index (χ0v) is 15.4. The van der Waals surface area contributed by atoms with Crippen LogP contribution in [0, 0.1) is 13.8 Å². The normalized spacial score (nSPS) is 10.6. The molecule has 27 heavy (non-hydrogen) atoms. The second-order valence-corrected chi connectivity index (χ2v) is 6.31. The summed E-state index contributed by atoms with van der Waals surface area (Å²) in [5.74, 6) is -1.11. The largest absolute Gasteiger partial charge is 0.501 e. The van der Waals surface area contributed by atoms with E-state index in [1.54, 1.807) is 24.4 Å². The highest BCUT2D eigenvalue weighted by molar-refractivity contribution is 5.95. The third-order valence-electron chi connectivity index (χ3n) is 4.40. The van der Waals surface area contributed by atoms with Gasteiger partial charge >= 0.3 is 0 Å². The second-order valence-electron chi connectivity index (χ2n) is 6.31. The molecular formula is C20H20N4O3. The summed E-state index contributed by atoms with van der Waals surface area (Å²) in [4.78, 5) is 33.2. The number of aromatic nitrogens is 3. The van der Waals surface area contributed by atoms with E-state index in [1.165, 1.54) is 7.05 Å². The first-order chi connectivity index (χ1) is 12.9. The van der Waals surface area contributed by atoms with Crippen molar-refractivity contribution in [2.45, 2.75) is 20.4 Å². The molecule has 0 spiro atoms. The van der Waals surface area contributed by atoms with Gasteiger partial charge in [-0.3, -0.25) is 19.1 Å². The Morgan fingerprint density at radius 2 is 1.96 bits per heavy atom. The van der Waals surface area contributed by atoms with Gasteiger partial charge in [-0.25, -0.2) is 4.98 Å². The number of hydrogen-bond donors (Lipinski definition) is 2. The minimum Gasteiger partial charge on any atom is -0.501 e. The van der Waals surface area contributed by atoms with Crippen LogP contribution in [0.1, 0.15) is 27.2 Å². The highest BCUT2D eigenvalue weighted by Crippen LogP contribution is 2.17. The number of nitrogens with zero attached hydrogens (tertiary/aromatic N) is 3. The monoisotopic (exact) mass is 364 g/mol. The topological polar surface area (TPSA) is 97.1 Å². The van der Waals surface area contributed by atoms with Crippen molar-refractivity contribution in [1.29, 1.82) is 0 Å². The first kappa shape index (κ1) is 18.3. The third-order valence-corrected chi connectivity index (χ3v) is 4.40. The molecule has 0 fully saturated rings. The van der Waals surface area contributed by atoms with Gasteiger partial charge in [0.15, 0.2) is 11.5 Å². The van der Waals surface area contributed by atoms with Crippen LogP contribution in [0.4, 0.5) is 0 Å². The number of nitrogens with one attached hydrogen (secondary N) is 1. The molecule has 2 N–H and O–H groups in total. The number of carbonyl (C=O) groups excluding carboxylic acids is 1. The molecule has 0 saturated carbocycles. The van der Waals surface area contributed by atoms with Crippen LogP contribution in [0.3, 0.4) is 0 Å².